The van der Waals surface area contributed by atoms with Crippen LogP contribution in [0.15, 0.2) is 45.3 Å². The summed E-state index contributed by atoms with van der Waals surface area (Å²) in [6.45, 7) is 0.0276. The fourth-order valence-corrected chi connectivity index (χ4v) is 6.89. The van der Waals surface area contributed by atoms with E-state index in [2.05, 4.69) is 0 Å². The number of fused-ring (bicyclic) bond motifs is 2. The van der Waals surface area contributed by atoms with E-state index in [0.29, 0.717) is 20.2 Å². The zero-order valence-electron chi connectivity index (χ0n) is 18.0. The van der Waals surface area contributed by atoms with Crippen molar-refractivity contribution in [3.63, 3.8) is 0 Å². The summed E-state index contributed by atoms with van der Waals surface area (Å²) in [4.78, 5) is -1.30. The molecular formula is C19H20BF2N3O6S2. The lowest BCUT2D eigenvalue weighted by Crippen LogP contribution is -2.51. The molecule has 0 amide bonds. The van der Waals surface area contributed by atoms with E-state index in [-0.39, 0.29) is 28.1 Å². The minimum atomic E-state index is -4.87. The lowest BCUT2D eigenvalue weighted by atomic mass is 9.84. The van der Waals surface area contributed by atoms with Gasteiger partial charge < -0.3 is 23.3 Å². The van der Waals surface area contributed by atoms with Gasteiger partial charge in [-0.2, -0.15) is 16.8 Å². The van der Waals surface area contributed by atoms with Gasteiger partial charge in [-0.15, -0.1) is 0 Å². The second-order valence-electron chi connectivity index (χ2n) is 8.05. The first kappa shape index (κ1) is 23.4. The normalized spacial score (nSPS) is 18.2. The van der Waals surface area contributed by atoms with Crippen LogP contribution in [0.5, 0.6) is 0 Å². The third kappa shape index (κ3) is 3.12. The molecule has 0 atom stereocenters. The second kappa shape index (κ2) is 6.85. The fourth-order valence-electron chi connectivity index (χ4n) is 4.98. The third-order valence-electron chi connectivity index (χ3n) is 6.06. The lowest BCUT2D eigenvalue weighted by molar-refractivity contribution is -0.363. The number of halogens is 2. The largest absolute Gasteiger partial charge is 0.737 e. The standard InChI is InChI=1S/C19H20BF2N3O6S2/c1-9-16-15(13-5-7-14(23)8-6-13)17-10(2)19(33(29,30)31)12(4)25(17)20(21,22)24(16)11(3)18(9)32(26,27)28/h5-8H,23H2,1-4H3,(H,26,27,28)(H,29,30,31). The van der Waals surface area contributed by atoms with E-state index < -0.39 is 48.4 Å². The predicted molar refractivity (Wildman–Crippen MR) is 119 cm³/mol. The van der Waals surface area contributed by atoms with Gasteiger partial charge in [0.15, 0.2) is 16.3 Å². The summed E-state index contributed by atoms with van der Waals surface area (Å²) in [5.74, 6) is 0. The molecule has 0 aliphatic carbocycles. The Morgan fingerprint density at radius 2 is 1.52 bits per heavy atom. The van der Waals surface area contributed by atoms with Crippen LogP contribution in [-0.2, 0) is 20.2 Å². The van der Waals surface area contributed by atoms with E-state index in [4.69, 9.17) is 5.73 Å². The van der Waals surface area contributed by atoms with E-state index in [9.17, 15) is 25.9 Å². The molecule has 1 aromatic carbocycles. The maximum Gasteiger partial charge on any atom is 0.737 e. The van der Waals surface area contributed by atoms with Gasteiger partial charge in [-0.25, -0.2) is 0 Å². The Bertz CT molecular complexity index is 1570. The van der Waals surface area contributed by atoms with Crippen molar-refractivity contribution in [2.75, 3.05) is 5.73 Å². The number of anilines is 1. The van der Waals surface area contributed by atoms with Gasteiger partial charge >= 0.3 is 17.1 Å². The highest BCUT2D eigenvalue weighted by atomic mass is 32.2. The molecule has 2 aliphatic heterocycles. The highest BCUT2D eigenvalue weighted by Gasteiger charge is 2.58. The zero-order valence-corrected chi connectivity index (χ0v) is 19.6. The topological polar surface area (TPSA) is 143 Å². The molecule has 0 spiro atoms. The van der Waals surface area contributed by atoms with Gasteiger partial charge in [0, 0.05) is 29.6 Å². The number of hydrogen-bond donors (Lipinski definition) is 3. The van der Waals surface area contributed by atoms with Crippen LogP contribution in [-0.4, -0.2) is 47.6 Å². The average Bonchev–Trinajstić information content (AvgIpc) is 3.07. The van der Waals surface area contributed by atoms with Crippen molar-refractivity contribution in [1.29, 1.82) is 0 Å². The number of nitrogen functional groups attached to an aromatic ring is 1. The predicted octanol–water partition coefficient (Wildman–Crippen LogP) is 2.58. The van der Waals surface area contributed by atoms with Crippen molar-refractivity contribution in [2.45, 2.75) is 32.6 Å². The Morgan fingerprint density at radius 3 is 2.00 bits per heavy atom. The minimum absolute atomic E-state index is 0.105. The van der Waals surface area contributed by atoms with Gasteiger partial charge in [0.1, 0.15) is 4.90 Å². The Hall–Kier alpha value is -2.81. The Kier molecular flexibility index (Phi) is 4.85. The number of rotatable bonds is 3. The van der Waals surface area contributed by atoms with Crippen LogP contribution in [0.25, 0.3) is 5.57 Å². The highest BCUT2D eigenvalue weighted by Crippen LogP contribution is 2.47. The van der Waals surface area contributed by atoms with Gasteiger partial charge in [-0.1, -0.05) is 12.1 Å². The quantitative estimate of drug-likeness (QED) is 0.335. The van der Waals surface area contributed by atoms with Gasteiger partial charge in [0.2, 0.25) is 0 Å². The van der Waals surface area contributed by atoms with Gasteiger partial charge in [-0.3, -0.25) is 9.11 Å². The lowest BCUT2D eigenvalue weighted by Gasteiger charge is -2.33. The van der Waals surface area contributed by atoms with Crippen molar-refractivity contribution < 1.29 is 39.1 Å². The minimum Gasteiger partial charge on any atom is -0.399 e. The molecule has 2 aromatic rings. The molecule has 14 heteroatoms. The monoisotopic (exact) mass is 499 g/mol. The summed E-state index contributed by atoms with van der Waals surface area (Å²) in [5.41, 5.74) is 5.15. The first-order chi connectivity index (χ1) is 15.0. The van der Waals surface area contributed by atoms with Crippen LogP contribution in [0, 0.1) is 13.8 Å². The van der Waals surface area contributed by atoms with Crippen LogP contribution in [0.4, 0.5) is 14.3 Å². The summed E-state index contributed by atoms with van der Waals surface area (Å²) in [6.07, 6.45) is 0. The Morgan fingerprint density at radius 1 is 0.970 bits per heavy atom. The number of benzene rings is 1. The molecule has 176 valence electrons. The number of allylic oxidation sites excluding steroid dienone is 2. The molecule has 4 rings (SSSR count). The molecular weight excluding hydrogens is 479 g/mol. The number of hydrogen-bond acceptors (Lipinski definition) is 5. The van der Waals surface area contributed by atoms with E-state index in [1.165, 1.54) is 38.1 Å². The Balaban J connectivity index is 2.31. The van der Waals surface area contributed by atoms with Crippen LogP contribution < -0.4 is 5.73 Å². The van der Waals surface area contributed by atoms with Crippen molar-refractivity contribution in [3.05, 3.63) is 63.0 Å². The van der Waals surface area contributed by atoms with Gasteiger partial charge in [0.25, 0.3) is 10.1 Å². The number of nitrogens with two attached hydrogens (primary N) is 1. The molecule has 4 N–H and O–H groups in total. The summed E-state index contributed by atoms with van der Waals surface area (Å²) < 4.78 is 101. The van der Waals surface area contributed by atoms with E-state index in [0.717, 1.165) is 13.8 Å². The number of aromatic nitrogens is 1. The molecule has 0 bridgehead atoms. The van der Waals surface area contributed by atoms with Crippen LogP contribution in [0.3, 0.4) is 0 Å². The number of nitrogens with zero attached hydrogens (tertiary/aromatic N) is 2. The highest BCUT2D eigenvalue weighted by molar-refractivity contribution is 7.91. The van der Waals surface area contributed by atoms with E-state index in [1.54, 1.807) is 0 Å². The fraction of sp³-hybridized carbons (Fsp3) is 0.211. The smallest absolute Gasteiger partial charge is 0.399 e. The van der Waals surface area contributed by atoms with Gasteiger partial charge in [0.05, 0.1) is 5.57 Å². The molecule has 2 aliphatic rings. The van der Waals surface area contributed by atoms with Crippen LogP contribution in [0.1, 0.15) is 36.4 Å². The second-order valence-corrected chi connectivity index (χ2v) is 10.8. The molecule has 1 aromatic heterocycles. The molecule has 0 fully saturated rings. The molecule has 0 unspecified atom stereocenters. The molecule has 33 heavy (non-hydrogen) atoms. The first-order valence-electron chi connectivity index (χ1n) is 9.65. The maximum absolute atomic E-state index is 16.0. The van der Waals surface area contributed by atoms with E-state index >= 15 is 8.63 Å². The molecule has 9 nitrogen and oxygen atoms in total. The van der Waals surface area contributed by atoms with Crippen molar-refractivity contribution in [1.82, 2.24) is 4.48 Å². The summed E-state index contributed by atoms with van der Waals surface area (Å²) in [7, 11) is -9.73. The summed E-state index contributed by atoms with van der Waals surface area (Å²) >= 11 is 0. The SMILES string of the molecule is CC1=C(S(=O)(=O)O)C(C)=[N+]2C1=C(c1ccc(N)cc1)c1c(C)c(S(=O)(=O)O)c(C)n1[B-]2(F)F. The van der Waals surface area contributed by atoms with Crippen LogP contribution in [0.2, 0.25) is 0 Å². The molecule has 0 saturated carbocycles. The van der Waals surface area contributed by atoms with E-state index in [1.807, 2.05) is 0 Å². The van der Waals surface area contributed by atoms with Crippen molar-refractivity contribution in [3.8, 4) is 0 Å². The van der Waals surface area contributed by atoms with Crippen molar-refractivity contribution in [2.24, 2.45) is 0 Å². The molecule has 3 heterocycles. The Labute approximate surface area is 189 Å². The van der Waals surface area contributed by atoms with Crippen LogP contribution >= 0.6 is 0 Å². The first-order valence-corrected chi connectivity index (χ1v) is 12.5. The third-order valence-corrected chi connectivity index (χ3v) is 8.30. The molecule has 0 radical (unpaired) electrons. The summed E-state index contributed by atoms with van der Waals surface area (Å²) in [5, 5.41) is 0. The maximum atomic E-state index is 16.0. The zero-order chi connectivity index (χ0) is 24.8. The average molecular weight is 499 g/mol. The summed E-state index contributed by atoms with van der Waals surface area (Å²) in [6, 6.07) is 6.08. The molecule has 0 saturated heterocycles. The van der Waals surface area contributed by atoms with Crippen molar-refractivity contribution >= 4 is 44.2 Å². The van der Waals surface area contributed by atoms with Gasteiger partial charge in [-0.05, 0) is 44.0 Å².